The number of aromatic nitrogens is 4. The molecule has 1 atom stereocenters. The lowest BCUT2D eigenvalue weighted by molar-refractivity contribution is -0.121. The number of hydrogen-bond acceptors (Lipinski definition) is 6. The van der Waals surface area contributed by atoms with Crippen molar-refractivity contribution in [2.45, 2.75) is 51.0 Å². The number of hydrogen-bond donors (Lipinski definition) is 1. The van der Waals surface area contributed by atoms with Crippen molar-refractivity contribution in [1.82, 2.24) is 25.1 Å². The highest BCUT2D eigenvalue weighted by molar-refractivity contribution is 5.76. The number of rotatable bonds is 6. The van der Waals surface area contributed by atoms with Crippen LogP contribution >= 0.6 is 0 Å². The highest BCUT2D eigenvalue weighted by atomic mass is 16.5. The molecule has 0 bridgehead atoms. The normalized spacial score (nSPS) is 20.6. The second kappa shape index (κ2) is 7.99. The Balaban J connectivity index is 1.37. The van der Waals surface area contributed by atoms with Gasteiger partial charge in [0.15, 0.2) is 11.5 Å². The maximum atomic E-state index is 12.1. The van der Waals surface area contributed by atoms with Gasteiger partial charge in [-0.15, -0.1) is 15.3 Å². The van der Waals surface area contributed by atoms with Crippen molar-refractivity contribution < 1.29 is 9.53 Å². The average Bonchev–Trinajstić information content (AvgIpc) is 3.35. The quantitative estimate of drug-likeness (QED) is 0.839. The molecule has 26 heavy (non-hydrogen) atoms. The smallest absolute Gasteiger partial charge is 0.220 e. The number of nitrogens with zero attached hydrogens (tertiary/aromatic N) is 5. The van der Waals surface area contributed by atoms with Crippen LogP contribution in [-0.4, -0.2) is 58.1 Å². The Morgan fingerprint density at radius 2 is 2.08 bits per heavy atom. The molecule has 2 fully saturated rings. The average molecular weight is 358 g/mol. The van der Waals surface area contributed by atoms with Gasteiger partial charge in [-0.1, -0.05) is 0 Å². The summed E-state index contributed by atoms with van der Waals surface area (Å²) in [5.41, 5.74) is 0.723. The molecule has 1 unspecified atom stereocenters. The second-order valence-electron chi connectivity index (χ2n) is 7.06. The molecule has 140 valence electrons. The van der Waals surface area contributed by atoms with Gasteiger partial charge in [-0.05, 0) is 44.2 Å². The first-order valence-corrected chi connectivity index (χ1v) is 9.64. The lowest BCUT2D eigenvalue weighted by Crippen LogP contribution is -2.32. The molecular weight excluding hydrogens is 332 g/mol. The monoisotopic (exact) mass is 358 g/mol. The lowest BCUT2D eigenvalue weighted by Gasteiger charge is -2.27. The fourth-order valence-electron chi connectivity index (χ4n) is 3.62. The Bertz CT molecular complexity index is 749. The Morgan fingerprint density at radius 1 is 1.19 bits per heavy atom. The molecule has 8 heteroatoms. The van der Waals surface area contributed by atoms with Gasteiger partial charge in [0.05, 0.1) is 6.10 Å². The van der Waals surface area contributed by atoms with Gasteiger partial charge in [0.25, 0.3) is 0 Å². The van der Waals surface area contributed by atoms with Crippen LogP contribution in [0, 0.1) is 0 Å². The molecule has 2 aromatic heterocycles. The SMILES string of the molecule is O=C(CCc1nnc2ccc(N3CCCCC3)nn12)NCC1CCCO1. The Kier molecular flexibility index (Phi) is 5.29. The number of aryl methyl sites for hydroxylation is 1. The molecule has 2 aliphatic heterocycles. The van der Waals surface area contributed by atoms with Crippen molar-refractivity contribution in [3.63, 3.8) is 0 Å². The summed E-state index contributed by atoms with van der Waals surface area (Å²) in [4.78, 5) is 14.4. The van der Waals surface area contributed by atoms with E-state index in [0.29, 0.717) is 19.4 Å². The van der Waals surface area contributed by atoms with Crippen molar-refractivity contribution >= 4 is 17.4 Å². The molecule has 0 saturated carbocycles. The number of amides is 1. The van der Waals surface area contributed by atoms with E-state index in [1.54, 1.807) is 4.52 Å². The van der Waals surface area contributed by atoms with E-state index in [4.69, 9.17) is 9.84 Å². The molecule has 1 amide bonds. The minimum atomic E-state index is 0.0180. The van der Waals surface area contributed by atoms with Gasteiger partial charge in [0, 0.05) is 39.1 Å². The van der Waals surface area contributed by atoms with E-state index < -0.39 is 0 Å². The van der Waals surface area contributed by atoms with Gasteiger partial charge < -0.3 is 15.0 Å². The van der Waals surface area contributed by atoms with Gasteiger partial charge in [-0.25, -0.2) is 0 Å². The number of carbonyl (C=O) groups excluding carboxylic acids is 1. The molecule has 0 radical (unpaired) electrons. The summed E-state index contributed by atoms with van der Waals surface area (Å²) in [6.07, 6.45) is 6.88. The predicted octanol–water partition coefficient (Wildman–Crippen LogP) is 1.34. The van der Waals surface area contributed by atoms with Crippen LogP contribution < -0.4 is 10.2 Å². The van der Waals surface area contributed by atoms with E-state index in [-0.39, 0.29) is 12.0 Å². The van der Waals surface area contributed by atoms with Gasteiger partial charge in [-0.3, -0.25) is 4.79 Å². The van der Waals surface area contributed by atoms with Gasteiger partial charge in [0.2, 0.25) is 5.91 Å². The van der Waals surface area contributed by atoms with Crippen molar-refractivity contribution in [2.24, 2.45) is 0 Å². The summed E-state index contributed by atoms with van der Waals surface area (Å²) in [7, 11) is 0. The number of piperidine rings is 1. The molecule has 0 aliphatic carbocycles. The number of anilines is 1. The van der Waals surface area contributed by atoms with Crippen LogP contribution in [0.5, 0.6) is 0 Å². The minimum Gasteiger partial charge on any atom is -0.376 e. The van der Waals surface area contributed by atoms with Crippen molar-refractivity contribution in [3.8, 4) is 0 Å². The van der Waals surface area contributed by atoms with E-state index in [1.165, 1.54) is 19.3 Å². The summed E-state index contributed by atoms with van der Waals surface area (Å²) < 4.78 is 7.30. The molecule has 2 aliphatic rings. The summed E-state index contributed by atoms with van der Waals surface area (Å²) >= 11 is 0. The first-order chi connectivity index (χ1) is 12.8. The molecule has 0 spiro atoms. The van der Waals surface area contributed by atoms with Crippen LogP contribution in [0.4, 0.5) is 5.82 Å². The lowest BCUT2D eigenvalue weighted by atomic mass is 10.1. The number of nitrogens with one attached hydrogen (secondary N) is 1. The molecule has 1 N–H and O–H groups in total. The number of ether oxygens (including phenoxy) is 1. The third-order valence-electron chi connectivity index (χ3n) is 5.12. The topological polar surface area (TPSA) is 84.7 Å². The van der Waals surface area contributed by atoms with Crippen LogP contribution in [-0.2, 0) is 16.0 Å². The number of fused-ring (bicyclic) bond motifs is 1. The van der Waals surface area contributed by atoms with Crippen LogP contribution in [0.1, 0.15) is 44.3 Å². The third-order valence-corrected chi connectivity index (χ3v) is 5.12. The van der Waals surface area contributed by atoms with Gasteiger partial charge in [0.1, 0.15) is 5.82 Å². The standard InChI is InChI=1S/C18H26N6O2/c25-18(19-13-14-5-4-12-26-14)9-8-16-21-20-15-6-7-17(22-24(15)16)23-10-2-1-3-11-23/h6-7,14H,1-5,8-13H2,(H,19,25). The fourth-order valence-corrected chi connectivity index (χ4v) is 3.62. The first kappa shape index (κ1) is 17.2. The van der Waals surface area contributed by atoms with E-state index in [0.717, 1.165) is 49.8 Å². The van der Waals surface area contributed by atoms with Crippen molar-refractivity contribution in [1.29, 1.82) is 0 Å². The summed E-state index contributed by atoms with van der Waals surface area (Å²) in [6.45, 7) is 3.48. The molecule has 8 nitrogen and oxygen atoms in total. The van der Waals surface area contributed by atoms with Crippen LogP contribution in [0.2, 0.25) is 0 Å². The molecule has 4 heterocycles. The molecule has 2 saturated heterocycles. The predicted molar refractivity (Wildman–Crippen MR) is 97.2 cm³/mol. The van der Waals surface area contributed by atoms with Crippen molar-refractivity contribution in [2.75, 3.05) is 31.1 Å². The van der Waals surface area contributed by atoms with E-state index in [9.17, 15) is 4.79 Å². The summed E-state index contributed by atoms with van der Waals surface area (Å²) in [6, 6.07) is 3.96. The van der Waals surface area contributed by atoms with E-state index in [2.05, 4.69) is 20.4 Å². The summed E-state index contributed by atoms with van der Waals surface area (Å²) in [5.74, 6) is 1.71. The number of carbonyl (C=O) groups is 1. The highest BCUT2D eigenvalue weighted by Gasteiger charge is 2.17. The Hall–Kier alpha value is -2.22. The Labute approximate surface area is 152 Å². The zero-order valence-electron chi connectivity index (χ0n) is 15.1. The maximum absolute atomic E-state index is 12.1. The zero-order chi connectivity index (χ0) is 17.8. The van der Waals surface area contributed by atoms with Crippen LogP contribution in [0.15, 0.2) is 12.1 Å². The third kappa shape index (κ3) is 3.95. The minimum absolute atomic E-state index is 0.0180. The van der Waals surface area contributed by atoms with Gasteiger partial charge >= 0.3 is 0 Å². The van der Waals surface area contributed by atoms with Crippen LogP contribution in [0.3, 0.4) is 0 Å². The van der Waals surface area contributed by atoms with Crippen LogP contribution in [0.25, 0.3) is 5.65 Å². The molecule has 2 aromatic rings. The first-order valence-electron chi connectivity index (χ1n) is 9.64. The summed E-state index contributed by atoms with van der Waals surface area (Å²) in [5, 5.41) is 16.1. The van der Waals surface area contributed by atoms with Crippen molar-refractivity contribution in [3.05, 3.63) is 18.0 Å². The largest absolute Gasteiger partial charge is 0.376 e. The van der Waals surface area contributed by atoms with E-state index >= 15 is 0 Å². The Morgan fingerprint density at radius 3 is 2.88 bits per heavy atom. The fraction of sp³-hybridized carbons (Fsp3) is 0.667. The zero-order valence-corrected chi connectivity index (χ0v) is 15.1. The molecule has 4 rings (SSSR count). The highest BCUT2D eigenvalue weighted by Crippen LogP contribution is 2.18. The molecule has 0 aromatic carbocycles. The van der Waals surface area contributed by atoms with Gasteiger partial charge in [-0.2, -0.15) is 4.52 Å². The molecular formula is C18H26N6O2. The second-order valence-corrected chi connectivity index (χ2v) is 7.06. The van der Waals surface area contributed by atoms with E-state index in [1.807, 2.05) is 12.1 Å². The maximum Gasteiger partial charge on any atom is 0.220 e.